The second-order valence-electron chi connectivity index (χ2n) is 6.71. The minimum absolute atomic E-state index is 0.0676. The summed E-state index contributed by atoms with van der Waals surface area (Å²) >= 11 is 0. The van der Waals surface area contributed by atoms with Crippen LogP contribution in [-0.4, -0.2) is 35.7 Å². The van der Waals surface area contributed by atoms with Crippen molar-refractivity contribution in [2.45, 2.75) is 52.8 Å². The van der Waals surface area contributed by atoms with Crippen LogP contribution in [0, 0.1) is 11.3 Å². The summed E-state index contributed by atoms with van der Waals surface area (Å²) in [6.07, 6.45) is -0.299. The zero-order chi connectivity index (χ0) is 17.5. The van der Waals surface area contributed by atoms with Crippen LogP contribution in [0.5, 0.6) is 0 Å². The Kier molecular flexibility index (Phi) is 7.05. The summed E-state index contributed by atoms with van der Waals surface area (Å²) in [5.74, 6) is 0. The summed E-state index contributed by atoms with van der Waals surface area (Å²) in [7, 11) is 0. The number of ether oxygens (including phenoxy) is 1. The van der Waals surface area contributed by atoms with Crippen LogP contribution in [0.2, 0.25) is 0 Å². The number of nitrogens with one attached hydrogen (secondary N) is 1. The number of rotatable bonds is 6. The molecular formula is C18H27N3O2. The van der Waals surface area contributed by atoms with Crippen LogP contribution in [-0.2, 0) is 11.3 Å². The lowest BCUT2D eigenvalue weighted by atomic mass is 10.1. The van der Waals surface area contributed by atoms with Crippen LogP contribution in [0.4, 0.5) is 4.79 Å². The van der Waals surface area contributed by atoms with E-state index in [1.54, 1.807) is 11.0 Å². The number of hydrogen-bond donors (Lipinski definition) is 1. The Labute approximate surface area is 139 Å². The van der Waals surface area contributed by atoms with Crippen molar-refractivity contribution in [3.8, 4) is 6.07 Å². The molecule has 0 radical (unpaired) electrons. The van der Waals surface area contributed by atoms with E-state index in [1.165, 1.54) is 0 Å². The third-order valence-electron chi connectivity index (χ3n) is 3.23. The average Bonchev–Trinajstić information content (AvgIpc) is 2.45. The Bertz CT molecular complexity index is 556. The number of carbonyl (C=O) groups excluding carboxylic acids is 1. The monoisotopic (exact) mass is 317 g/mol. The minimum atomic E-state index is -0.497. The van der Waals surface area contributed by atoms with E-state index >= 15 is 0 Å². The minimum Gasteiger partial charge on any atom is -0.444 e. The fourth-order valence-corrected chi connectivity index (χ4v) is 2.09. The van der Waals surface area contributed by atoms with Crippen molar-refractivity contribution in [2.24, 2.45) is 0 Å². The van der Waals surface area contributed by atoms with Gasteiger partial charge in [-0.2, -0.15) is 5.26 Å². The van der Waals surface area contributed by atoms with Crippen molar-refractivity contribution in [3.05, 3.63) is 35.4 Å². The van der Waals surface area contributed by atoms with Gasteiger partial charge in [-0.3, -0.25) is 0 Å². The van der Waals surface area contributed by atoms with Gasteiger partial charge in [-0.05, 0) is 46.2 Å². The Balaban J connectivity index is 2.51. The van der Waals surface area contributed by atoms with Crippen LogP contribution in [0.25, 0.3) is 0 Å². The number of nitriles is 1. The highest BCUT2D eigenvalue weighted by Crippen LogP contribution is 2.12. The molecule has 0 atom stereocenters. The maximum Gasteiger partial charge on any atom is 0.410 e. The lowest BCUT2D eigenvalue weighted by Gasteiger charge is -2.30. The smallest absolute Gasteiger partial charge is 0.410 e. The van der Waals surface area contributed by atoms with Crippen LogP contribution < -0.4 is 5.32 Å². The standard InChI is InChI=1S/C18H27N3O2/c1-14(2)21(17(22)23-18(3,4)5)11-10-20-13-16-9-7-6-8-15(16)12-19/h6-9,14,20H,10-11,13H2,1-5H3. The van der Waals surface area contributed by atoms with Crippen molar-refractivity contribution in [3.63, 3.8) is 0 Å². The molecule has 23 heavy (non-hydrogen) atoms. The molecule has 0 bridgehead atoms. The zero-order valence-corrected chi connectivity index (χ0v) is 14.7. The van der Waals surface area contributed by atoms with Gasteiger partial charge in [0.05, 0.1) is 11.6 Å². The first-order valence-electron chi connectivity index (χ1n) is 7.93. The molecule has 1 aromatic carbocycles. The van der Waals surface area contributed by atoms with Crippen molar-refractivity contribution in [1.29, 1.82) is 5.26 Å². The van der Waals surface area contributed by atoms with E-state index in [9.17, 15) is 4.79 Å². The highest BCUT2D eigenvalue weighted by molar-refractivity contribution is 5.68. The number of nitrogens with zero attached hydrogens (tertiary/aromatic N) is 2. The quantitative estimate of drug-likeness (QED) is 0.818. The van der Waals surface area contributed by atoms with Crippen LogP contribution in [0.3, 0.4) is 0 Å². The average molecular weight is 317 g/mol. The second-order valence-corrected chi connectivity index (χ2v) is 6.71. The molecule has 0 aliphatic carbocycles. The summed E-state index contributed by atoms with van der Waals surface area (Å²) < 4.78 is 5.43. The van der Waals surface area contributed by atoms with E-state index in [0.29, 0.717) is 25.2 Å². The van der Waals surface area contributed by atoms with Gasteiger partial charge in [0, 0.05) is 25.7 Å². The molecule has 1 amide bonds. The molecule has 0 spiro atoms. The molecule has 0 aliphatic rings. The van der Waals surface area contributed by atoms with E-state index in [2.05, 4.69) is 11.4 Å². The van der Waals surface area contributed by atoms with Gasteiger partial charge in [-0.1, -0.05) is 18.2 Å². The predicted octanol–water partition coefficient (Wildman–Crippen LogP) is 3.29. The molecule has 0 fully saturated rings. The summed E-state index contributed by atoms with van der Waals surface area (Å²) in [6, 6.07) is 9.75. The SMILES string of the molecule is CC(C)N(CCNCc1ccccc1C#N)C(=O)OC(C)(C)C. The van der Waals surface area contributed by atoms with Gasteiger partial charge < -0.3 is 15.0 Å². The van der Waals surface area contributed by atoms with Crippen molar-refractivity contribution in [2.75, 3.05) is 13.1 Å². The van der Waals surface area contributed by atoms with Gasteiger partial charge >= 0.3 is 6.09 Å². The molecule has 1 N–H and O–H groups in total. The molecule has 0 unspecified atom stereocenters. The van der Waals surface area contributed by atoms with Crippen molar-refractivity contribution >= 4 is 6.09 Å². The molecular weight excluding hydrogens is 290 g/mol. The van der Waals surface area contributed by atoms with Crippen LogP contribution in [0.1, 0.15) is 45.7 Å². The molecule has 1 rings (SSSR count). The van der Waals surface area contributed by atoms with E-state index in [-0.39, 0.29) is 12.1 Å². The number of benzene rings is 1. The molecule has 5 nitrogen and oxygen atoms in total. The molecule has 5 heteroatoms. The fraction of sp³-hybridized carbons (Fsp3) is 0.556. The largest absolute Gasteiger partial charge is 0.444 e. The summed E-state index contributed by atoms with van der Waals surface area (Å²) in [5, 5.41) is 12.3. The number of carbonyl (C=O) groups is 1. The van der Waals surface area contributed by atoms with Crippen LogP contribution in [0.15, 0.2) is 24.3 Å². The summed E-state index contributed by atoms with van der Waals surface area (Å²) in [4.78, 5) is 13.9. The molecule has 1 aromatic rings. The Morgan fingerprint density at radius 2 is 2.00 bits per heavy atom. The van der Waals surface area contributed by atoms with Gasteiger partial charge in [0.2, 0.25) is 0 Å². The van der Waals surface area contributed by atoms with Gasteiger partial charge in [0.15, 0.2) is 0 Å². The first-order valence-corrected chi connectivity index (χ1v) is 7.93. The van der Waals surface area contributed by atoms with Crippen LogP contribution >= 0.6 is 0 Å². The summed E-state index contributed by atoms with van der Waals surface area (Å²) in [6.45, 7) is 11.3. The first-order chi connectivity index (χ1) is 10.7. The number of amides is 1. The maximum absolute atomic E-state index is 12.2. The normalized spacial score (nSPS) is 11.2. The Hall–Kier alpha value is -2.06. The molecule has 126 valence electrons. The van der Waals surface area contributed by atoms with Crippen molar-refractivity contribution in [1.82, 2.24) is 10.2 Å². The van der Waals surface area contributed by atoms with E-state index in [4.69, 9.17) is 10.00 Å². The highest BCUT2D eigenvalue weighted by Gasteiger charge is 2.23. The lowest BCUT2D eigenvalue weighted by molar-refractivity contribution is 0.0193. The summed E-state index contributed by atoms with van der Waals surface area (Å²) in [5.41, 5.74) is 1.14. The molecule has 0 saturated heterocycles. The Morgan fingerprint density at radius 1 is 1.35 bits per heavy atom. The predicted molar refractivity (Wildman–Crippen MR) is 90.9 cm³/mol. The Morgan fingerprint density at radius 3 is 2.57 bits per heavy atom. The molecule has 0 aromatic heterocycles. The molecule has 0 heterocycles. The zero-order valence-electron chi connectivity index (χ0n) is 14.7. The topological polar surface area (TPSA) is 65.4 Å². The molecule has 0 aliphatic heterocycles. The van der Waals surface area contributed by atoms with E-state index < -0.39 is 5.60 Å². The first kappa shape index (κ1) is 19.0. The second kappa shape index (κ2) is 8.54. The van der Waals surface area contributed by atoms with Gasteiger partial charge in [0.1, 0.15) is 5.60 Å². The van der Waals surface area contributed by atoms with E-state index in [1.807, 2.05) is 52.8 Å². The third-order valence-corrected chi connectivity index (χ3v) is 3.23. The molecule has 0 saturated carbocycles. The highest BCUT2D eigenvalue weighted by atomic mass is 16.6. The van der Waals surface area contributed by atoms with Gasteiger partial charge in [-0.15, -0.1) is 0 Å². The van der Waals surface area contributed by atoms with Crippen molar-refractivity contribution < 1.29 is 9.53 Å². The lowest BCUT2D eigenvalue weighted by Crippen LogP contribution is -2.44. The van der Waals surface area contributed by atoms with Gasteiger partial charge in [-0.25, -0.2) is 4.79 Å². The third kappa shape index (κ3) is 6.70. The number of hydrogen-bond acceptors (Lipinski definition) is 4. The maximum atomic E-state index is 12.2. The fourth-order valence-electron chi connectivity index (χ4n) is 2.09. The van der Waals surface area contributed by atoms with Gasteiger partial charge in [0.25, 0.3) is 0 Å². The van der Waals surface area contributed by atoms with E-state index in [0.717, 1.165) is 5.56 Å².